The van der Waals surface area contributed by atoms with Crippen molar-refractivity contribution < 1.29 is 26.7 Å². The van der Waals surface area contributed by atoms with Crippen LogP contribution in [0.4, 0.5) is 22.0 Å². The Morgan fingerprint density at radius 2 is 0.885 bits per heavy atom. The fraction of sp³-hybridized carbons (Fsp3) is 0.0526. The highest BCUT2D eigenvalue weighted by Crippen LogP contribution is 2.34. The predicted molar refractivity (Wildman–Crippen MR) is 277 cm³/mol. The van der Waals surface area contributed by atoms with Crippen LogP contribution in [0.5, 0.6) is 0 Å². The van der Waals surface area contributed by atoms with E-state index in [4.69, 9.17) is 5.73 Å². The van der Waals surface area contributed by atoms with E-state index in [9.17, 15) is 37.3 Å². The SMILES string of the molecule is Cc1cccc(-c2ncc(F)cc2-c2ccc3ncc(C#N)n3c2)n1.Cc1cccc(-c2ncc(F)cc2-c2ccc3ncc(C(N)=O)n3c2)n1.N#Cc1cnc2ccc(-c3cc(F)cnc3-c3cccc(C(F)F)n3)cn12. The maximum atomic E-state index is 13.9. The summed E-state index contributed by atoms with van der Waals surface area (Å²) in [5.41, 5.74) is 15.8. The normalized spacial score (nSPS) is 10.9. The molecule has 78 heavy (non-hydrogen) atoms. The van der Waals surface area contributed by atoms with E-state index in [0.717, 1.165) is 29.3 Å². The van der Waals surface area contributed by atoms with Crippen molar-refractivity contribution in [2.24, 2.45) is 5.73 Å². The number of halogens is 5. The van der Waals surface area contributed by atoms with Crippen molar-refractivity contribution >= 4 is 22.8 Å². The van der Waals surface area contributed by atoms with Gasteiger partial charge < -0.3 is 5.73 Å². The molecule has 12 aromatic heterocycles. The van der Waals surface area contributed by atoms with Crippen molar-refractivity contribution in [2.45, 2.75) is 20.3 Å². The summed E-state index contributed by atoms with van der Waals surface area (Å²) >= 11 is 0. The Kier molecular flexibility index (Phi) is 13.9. The van der Waals surface area contributed by atoms with Gasteiger partial charge in [0.25, 0.3) is 12.3 Å². The first kappa shape index (κ1) is 50.6. The molecule has 0 unspecified atom stereocenters. The Bertz CT molecular complexity index is 4370. The molecule has 21 heteroatoms. The topological polar surface area (TPSA) is 220 Å². The summed E-state index contributed by atoms with van der Waals surface area (Å²) < 4.78 is 72.5. The van der Waals surface area contributed by atoms with E-state index in [1.54, 1.807) is 62.1 Å². The first-order valence-corrected chi connectivity index (χ1v) is 23.4. The van der Waals surface area contributed by atoms with Gasteiger partial charge in [-0.25, -0.2) is 41.9 Å². The third-order valence-electron chi connectivity index (χ3n) is 12.0. The number of imidazole rings is 3. The lowest BCUT2D eigenvalue weighted by atomic mass is 10.0. The number of rotatable bonds is 8. The molecule has 0 fully saturated rings. The lowest BCUT2D eigenvalue weighted by Gasteiger charge is -2.10. The highest BCUT2D eigenvalue weighted by molar-refractivity contribution is 5.92. The van der Waals surface area contributed by atoms with Crippen LogP contribution in [0.1, 0.15) is 45.4 Å². The van der Waals surface area contributed by atoms with Gasteiger partial charge in [0.15, 0.2) is 0 Å². The molecule has 0 spiro atoms. The molecule has 0 saturated carbocycles. The Balaban J connectivity index is 0.000000132. The second kappa shape index (κ2) is 21.5. The van der Waals surface area contributed by atoms with Gasteiger partial charge in [0.2, 0.25) is 0 Å². The fourth-order valence-electron chi connectivity index (χ4n) is 8.41. The number of primary amides is 1. The van der Waals surface area contributed by atoms with E-state index in [2.05, 4.69) is 50.9 Å². The maximum Gasteiger partial charge on any atom is 0.280 e. The van der Waals surface area contributed by atoms with E-state index >= 15 is 0 Å². The number of fused-ring (bicyclic) bond motifs is 3. The van der Waals surface area contributed by atoms with Gasteiger partial charge >= 0.3 is 0 Å². The molecular weight excluding hydrogens is 1010 g/mol. The smallest absolute Gasteiger partial charge is 0.280 e. The monoisotopic (exact) mass is 1040 g/mol. The minimum Gasteiger partial charge on any atom is -0.364 e. The van der Waals surface area contributed by atoms with Gasteiger partial charge in [-0.15, -0.1) is 0 Å². The Labute approximate surface area is 439 Å². The molecule has 0 bridgehead atoms. The number of nitrogens with two attached hydrogens (primary N) is 1. The molecule has 12 rings (SSSR count). The minimum atomic E-state index is -2.73. The van der Waals surface area contributed by atoms with Crippen molar-refractivity contribution in [2.75, 3.05) is 0 Å². The van der Waals surface area contributed by atoms with E-state index < -0.39 is 29.8 Å². The van der Waals surface area contributed by atoms with Gasteiger partial charge in [0.1, 0.15) is 69.3 Å². The number of hydrogen-bond acceptors (Lipinski definition) is 12. The molecule has 0 aliphatic rings. The fourth-order valence-corrected chi connectivity index (χ4v) is 8.41. The average Bonchev–Trinajstić information content (AvgIpc) is 4.29. The second-order valence-corrected chi connectivity index (χ2v) is 17.2. The molecule has 0 aliphatic heterocycles. The third kappa shape index (κ3) is 10.4. The molecule has 16 nitrogen and oxygen atoms in total. The number of amides is 1. The van der Waals surface area contributed by atoms with Crippen LogP contribution < -0.4 is 5.73 Å². The number of pyridine rings is 9. The predicted octanol–water partition coefficient (Wildman–Crippen LogP) is 11.2. The summed E-state index contributed by atoms with van der Waals surface area (Å²) in [5, 5.41) is 18.4. The Hall–Kier alpha value is -10.9. The molecule has 2 N–H and O–H groups in total. The van der Waals surface area contributed by atoms with Gasteiger partial charge in [-0.3, -0.25) is 42.9 Å². The molecule has 12 aromatic rings. The van der Waals surface area contributed by atoms with E-state index in [-0.39, 0.29) is 22.8 Å². The zero-order valence-electron chi connectivity index (χ0n) is 40.8. The summed E-state index contributed by atoms with van der Waals surface area (Å²) in [6.45, 7) is 3.77. The summed E-state index contributed by atoms with van der Waals surface area (Å²) in [4.78, 5) is 49.5. The van der Waals surface area contributed by atoms with Crippen molar-refractivity contribution in [1.29, 1.82) is 10.5 Å². The zero-order valence-corrected chi connectivity index (χ0v) is 40.8. The van der Waals surface area contributed by atoms with Crippen LogP contribution in [0.25, 0.3) is 84.5 Å². The van der Waals surface area contributed by atoms with E-state index in [0.29, 0.717) is 78.9 Å². The third-order valence-corrected chi connectivity index (χ3v) is 12.0. The van der Waals surface area contributed by atoms with Gasteiger partial charge in [0, 0.05) is 63.4 Å². The number of aromatic nitrogens is 12. The molecule has 12 heterocycles. The summed E-state index contributed by atoms with van der Waals surface area (Å²) in [7, 11) is 0. The van der Waals surface area contributed by atoms with Crippen LogP contribution in [0.2, 0.25) is 0 Å². The van der Waals surface area contributed by atoms with Crippen molar-refractivity contribution in [3.8, 4) is 79.7 Å². The van der Waals surface area contributed by atoms with Crippen LogP contribution in [-0.4, -0.2) is 64.0 Å². The molecule has 0 aromatic carbocycles. The van der Waals surface area contributed by atoms with Gasteiger partial charge in [-0.2, -0.15) is 10.5 Å². The first-order chi connectivity index (χ1) is 37.7. The Morgan fingerprint density at radius 1 is 0.500 bits per heavy atom. The maximum absolute atomic E-state index is 13.9. The number of carbonyl (C=O) groups excluding carboxylic acids is 1. The molecule has 0 atom stereocenters. The standard InChI is InChI=1S/C19H10F3N5.C19H14FN5O.C19H12FN5/c20-12-6-14(11-4-5-17-24-9-13(7-23)27(17)10-11)18(25-8-12)15-2-1-3-16(26-15)19(21)22;1-11-3-2-4-15(24-11)18-14(7-13(20)8-23-18)12-5-6-17-22-9-16(19(21)26)25(17)10-12;1-12-3-2-4-17(24-12)19-16(7-14(20)9-23-19)13-5-6-18-22-10-15(8-21)25(18)11-13/h1-6,8-10,19H;2-10H,1H3,(H2,21,26);2-7,9-11H,1H3. The number of aryl methyl sites for hydroxylation is 2. The number of carbonyl (C=O) groups is 1. The van der Waals surface area contributed by atoms with Gasteiger partial charge in [-0.05, 0) is 105 Å². The highest BCUT2D eigenvalue weighted by Gasteiger charge is 2.19. The van der Waals surface area contributed by atoms with Crippen molar-refractivity contribution in [3.63, 3.8) is 0 Å². The largest absolute Gasteiger partial charge is 0.364 e. The van der Waals surface area contributed by atoms with Crippen LogP contribution >= 0.6 is 0 Å². The van der Waals surface area contributed by atoms with Crippen LogP contribution in [0.15, 0.2) is 165 Å². The van der Waals surface area contributed by atoms with Crippen LogP contribution in [0.3, 0.4) is 0 Å². The lowest BCUT2D eigenvalue weighted by molar-refractivity contribution is 0.0994. The van der Waals surface area contributed by atoms with Gasteiger partial charge in [-0.1, -0.05) is 18.2 Å². The lowest BCUT2D eigenvalue weighted by Crippen LogP contribution is -2.13. The molecule has 0 radical (unpaired) electrons. The number of alkyl halides is 2. The molecule has 0 aliphatic carbocycles. The van der Waals surface area contributed by atoms with E-state index in [1.165, 1.54) is 61.2 Å². The molecule has 0 saturated heterocycles. The zero-order chi connectivity index (χ0) is 54.6. The molecular formula is C57H36F5N15O. The highest BCUT2D eigenvalue weighted by atomic mass is 19.3. The number of hydrogen-bond donors (Lipinski definition) is 1. The summed E-state index contributed by atoms with van der Waals surface area (Å²) in [6, 6.07) is 34.1. The van der Waals surface area contributed by atoms with E-state index in [1.807, 2.05) is 62.4 Å². The quantitative estimate of drug-likeness (QED) is 0.140. The second-order valence-electron chi connectivity index (χ2n) is 17.2. The number of nitriles is 2. The minimum absolute atomic E-state index is 0.203. The van der Waals surface area contributed by atoms with Crippen LogP contribution in [-0.2, 0) is 0 Å². The first-order valence-electron chi connectivity index (χ1n) is 23.4. The molecule has 380 valence electrons. The van der Waals surface area contributed by atoms with Crippen molar-refractivity contribution in [3.05, 3.63) is 217 Å². The van der Waals surface area contributed by atoms with Crippen molar-refractivity contribution in [1.82, 2.24) is 58.1 Å². The average molecular weight is 1040 g/mol. The Morgan fingerprint density at radius 3 is 1.28 bits per heavy atom. The van der Waals surface area contributed by atoms with Gasteiger partial charge in [0.05, 0.1) is 71.3 Å². The number of nitrogens with zero attached hydrogens (tertiary/aromatic N) is 14. The molecule has 1 amide bonds. The van der Waals surface area contributed by atoms with Crippen LogP contribution in [0, 0.1) is 54.0 Å². The summed E-state index contributed by atoms with van der Waals surface area (Å²) in [6.07, 6.45) is 10.0. The summed E-state index contributed by atoms with van der Waals surface area (Å²) in [5.74, 6) is -2.06.